The number of rotatable bonds is 6. The van der Waals surface area contributed by atoms with Gasteiger partial charge in [-0.2, -0.15) is 0 Å². The molecule has 2 aromatic rings. The van der Waals surface area contributed by atoms with E-state index in [4.69, 9.17) is 23.7 Å². The highest BCUT2D eigenvalue weighted by molar-refractivity contribution is 6.00. The summed E-state index contributed by atoms with van der Waals surface area (Å²) in [6.45, 7) is -0.703. The third kappa shape index (κ3) is 5.53. The van der Waals surface area contributed by atoms with Gasteiger partial charge in [0.25, 0.3) is 0 Å². The molecule has 2 aromatic carbocycles. The molecule has 2 fully saturated rings. The van der Waals surface area contributed by atoms with Crippen LogP contribution in [0.15, 0.2) is 48.2 Å². The first-order valence-electron chi connectivity index (χ1n) is 12.6. The van der Waals surface area contributed by atoms with Crippen LogP contribution >= 0.6 is 0 Å². The van der Waals surface area contributed by atoms with Crippen molar-refractivity contribution in [2.45, 2.75) is 49.5 Å². The van der Waals surface area contributed by atoms with Gasteiger partial charge in [-0.15, -0.1) is 0 Å². The van der Waals surface area contributed by atoms with E-state index < -0.39 is 84.6 Å². The van der Waals surface area contributed by atoms with Crippen molar-refractivity contribution in [1.29, 1.82) is 0 Å². The van der Waals surface area contributed by atoms with E-state index in [-0.39, 0.29) is 35.5 Å². The highest BCUT2D eigenvalue weighted by atomic mass is 16.8. The standard InChI is InChI=1S/C27H28O14/c28-9-18-21(33)22(34)23(27(39-18)41-26-20(32)14-4-5-37-24(35)16(14)10-38-26)40-25(36)19-15(7-13(30)8-17(19)31)11-2-1-3-12(29)6-11/h1-3,6-8,10,14,18,20-23,26-34H,4-5,9H2/t14-,18+,20-,21+,22-,23-,26-,27-/m0/s1. The van der Waals surface area contributed by atoms with E-state index in [9.17, 15) is 45.3 Å². The van der Waals surface area contributed by atoms with E-state index in [0.29, 0.717) is 0 Å². The Hall–Kier alpha value is -3.92. The lowest BCUT2D eigenvalue weighted by Crippen LogP contribution is -2.62. The molecule has 3 heterocycles. The number of carbonyl (C=O) groups is 2. The Bertz CT molecular complexity index is 1340. The van der Waals surface area contributed by atoms with Crippen LogP contribution in [0, 0.1) is 5.92 Å². The molecule has 0 amide bonds. The Labute approximate surface area is 232 Å². The number of cyclic esters (lactones) is 1. The Balaban J connectivity index is 1.44. The van der Waals surface area contributed by atoms with Gasteiger partial charge in [-0.25, -0.2) is 9.59 Å². The summed E-state index contributed by atoms with van der Waals surface area (Å²) in [5.41, 5.74) is -0.166. The minimum Gasteiger partial charge on any atom is -0.508 e. The topological polar surface area (TPSA) is 222 Å². The number of hydrogen-bond donors (Lipinski definition) is 7. The number of phenols is 3. The molecule has 14 heteroatoms. The molecule has 0 bridgehead atoms. The summed E-state index contributed by atoms with van der Waals surface area (Å²) >= 11 is 0. The number of benzene rings is 2. The van der Waals surface area contributed by atoms with Crippen molar-refractivity contribution in [3.05, 3.63) is 53.8 Å². The number of ether oxygens (including phenoxy) is 5. The summed E-state index contributed by atoms with van der Waals surface area (Å²) in [7, 11) is 0. The van der Waals surface area contributed by atoms with Crippen molar-refractivity contribution in [2.24, 2.45) is 5.92 Å². The summed E-state index contributed by atoms with van der Waals surface area (Å²) in [5.74, 6) is -3.86. The van der Waals surface area contributed by atoms with Crippen LogP contribution in [0.25, 0.3) is 11.1 Å². The second kappa shape index (κ2) is 11.5. The normalized spacial score (nSPS) is 31.3. The predicted octanol–water partition coefficient (Wildman–Crippen LogP) is -0.384. The van der Waals surface area contributed by atoms with Crippen molar-refractivity contribution >= 4 is 11.9 Å². The van der Waals surface area contributed by atoms with Crippen LogP contribution in [0.5, 0.6) is 17.2 Å². The number of hydrogen-bond acceptors (Lipinski definition) is 14. The molecule has 8 atom stereocenters. The molecule has 5 rings (SSSR count). The molecule has 3 aliphatic rings. The van der Waals surface area contributed by atoms with Gasteiger partial charge in [0.1, 0.15) is 47.2 Å². The largest absolute Gasteiger partial charge is 0.508 e. The van der Waals surface area contributed by atoms with Gasteiger partial charge in [-0.05, 0) is 30.2 Å². The van der Waals surface area contributed by atoms with Gasteiger partial charge in [0, 0.05) is 17.5 Å². The van der Waals surface area contributed by atoms with Crippen LogP contribution in [-0.4, -0.2) is 104 Å². The number of phenolic OH excluding ortho intramolecular Hbond substituents is 3. The van der Waals surface area contributed by atoms with Crippen LogP contribution in [-0.2, 0) is 28.5 Å². The molecule has 0 spiro atoms. The number of fused-ring (bicyclic) bond motifs is 1. The number of esters is 2. The summed E-state index contributed by atoms with van der Waals surface area (Å²) in [6, 6.07) is 7.64. The lowest BCUT2D eigenvalue weighted by Gasteiger charge is -2.44. The molecule has 0 aliphatic carbocycles. The maximum atomic E-state index is 13.4. The molecule has 2 saturated heterocycles. The fourth-order valence-corrected chi connectivity index (χ4v) is 5.02. The number of aliphatic hydroxyl groups is 4. The molecule has 3 aliphatic heterocycles. The quantitative estimate of drug-likeness (QED) is 0.218. The zero-order chi connectivity index (χ0) is 29.4. The van der Waals surface area contributed by atoms with E-state index in [1.54, 1.807) is 0 Å². The molecule has 0 saturated carbocycles. The van der Waals surface area contributed by atoms with Crippen molar-refractivity contribution in [2.75, 3.05) is 13.2 Å². The molecule has 220 valence electrons. The highest BCUT2D eigenvalue weighted by Gasteiger charge is 2.50. The Morgan fingerprint density at radius 1 is 0.976 bits per heavy atom. The molecule has 0 radical (unpaired) electrons. The van der Waals surface area contributed by atoms with E-state index in [1.165, 1.54) is 24.3 Å². The molecular weight excluding hydrogens is 548 g/mol. The maximum absolute atomic E-state index is 13.4. The van der Waals surface area contributed by atoms with Crippen LogP contribution in [0.2, 0.25) is 0 Å². The van der Waals surface area contributed by atoms with Gasteiger partial charge < -0.3 is 59.4 Å². The van der Waals surface area contributed by atoms with E-state index in [0.717, 1.165) is 18.4 Å². The SMILES string of the molecule is O=C1OCC[C@H]2C1=CO[C@@H](O[C@@H]1O[C@H](CO)[C@@H](O)[C@H](O)[C@@H]1OC(=O)c1c(O)cc(O)cc1-c1cccc(O)c1)[C@H]2O. The molecule has 0 unspecified atom stereocenters. The van der Waals surface area contributed by atoms with Gasteiger partial charge in [0.05, 0.1) is 25.0 Å². The predicted molar refractivity (Wildman–Crippen MR) is 133 cm³/mol. The first-order chi connectivity index (χ1) is 19.6. The molecule has 41 heavy (non-hydrogen) atoms. The van der Waals surface area contributed by atoms with Crippen molar-refractivity contribution < 1.29 is 69.0 Å². The second-order valence-corrected chi connectivity index (χ2v) is 9.75. The van der Waals surface area contributed by atoms with Crippen LogP contribution in [0.4, 0.5) is 0 Å². The number of aromatic hydroxyl groups is 3. The van der Waals surface area contributed by atoms with Crippen LogP contribution in [0.1, 0.15) is 16.8 Å². The van der Waals surface area contributed by atoms with Gasteiger partial charge in [0.2, 0.25) is 12.6 Å². The first-order valence-corrected chi connectivity index (χ1v) is 12.6. The zero-order valence-corrected chi connectivity index (χ0v) is 21.3. The number of aliphatic hydroxyl groups excluding tert-OH is 4. The van der Waals surface area contributed by atoms with Gasteiger partial charge in [-0.1, -0.05) is 12.1 Å². The monoisotopic (exact) mass is 576 g/mol. The van der Waals surface area contributed by atoms with Crippen LogP contribution in [0.3, 0.4) is 0 Å². The van der Waals surface area contributed by atoms with Gasteiger partial charge in [-0.3, -0.25) is 0 Å². The van der Waals surface area contributed by atoms with Crippen LogP contribution < -0.4 is 0 Å². The molecule has 14 nitrogen and oxygen atoms in total. The van der Waals surface area contributed by atoms with Gasteiger partial charge >= 0.3 is 11.9 Å². The van der Waals surface area contributed by atoms with Crippen molar-refractivity contribution in [3.63, 3.8) is 0 Å². The smallest absolute Gasteiger partial charge is 0.343 e. The fourth-order valence-electron chi connectivity index (χ4n) is 5.02. The lowest BCUT2D eigenvalue weighted by molar-refractivity contribution is -0.345. The molecule has 7 N–H and O–H groups in total. The fraction of sp³-hybridized carbons (Fsp3) is 0.407. The average Bonchev–Trinajstić information content (AvgIpc) is 2.93. The first kappa shape index (κ1) is 28.6. The molecule has 0 aromatic heterocycles. The van der Waals surface area contributed by atoms with E-state index >= 15 is 0 Å². The third-order valence-electron chi connectivity index (χ3n) is 7.12. The second-order valence-electron chi connectivity index (χ2n) is 9.75. The van der Waals surface area contributed by atoms with Crippen molar-refractivity contribution in [1.82, 2.24) is 0 Å². The maximum Gasteiger partial charge on any atom is 0.343 e. The Morgan fingerprint density at radius 3 is 2.49 bits per heavy atom. The lowest BCUT2D eigenvalue weighted by atomic mass is 9.87. The summed E-state index contributed by atoms with van der Waals surface area (Å²) < 4.78 is 27.1. The van der Waals surface area contributed by atoms with E-state index in [2.05, 4.69) is 0 Å². The molecular formula is C27H28O14. The summed E-state index contributed by atoms with van der Waals surface area (Å²) in [5, 5.41) is 72.3. The highest BCUT2D eigenvalue weighted by Crippen LogP contribution is 2.38. The summed E-state index contributed by atoms with van der Waals surface area (Å²) in [6.07, 6.45) is -10.1. The average molecular weight is 577 g/mol. The minimum atomic E-state index is -1.88. The summed E-state index contributed by atoms with van der Waals surface area (Å²) in [4.78, 5) is 25.4. The minimum absolute atomic E-state index is 0.0336. The number of carbonyl (C=O) groups excluding carboxylic acids is 2. The van der Waals surface area contributed by atoms with Gasteiger partial charge in [0.15, 0.2) is 6.10 Å². The van der Waals surface area contributed by atoms with Crippen molar-refractivity contribution in [3.8, 4) is 28.4 Å². The Morgan fingerprint density at radius 2 is 1.76 bits per heavy atom. The van der Waals surface area contributed by atoms with E-state index in [1.807, 2.05) is 0 Å². The Kier molecular flexibility index (Phi) is 8.04. The zero-order valence-electron chi connectivity index (χ0n) is 21.3. The third-order valence-corrected chi connectivity index (χ3v) is 7.12.